The van der Waals surface area contributed by atoms with Crippen LogP contribution in [0.2, 0.25) is 0 Å². The van der Waals surface area contributed by atoms with Gasteiger partial charge >= 0.3 is 5.97 Å². The molecular weight excluding hydrogens is 670 g/mol. The van der Waals surface area contributed by atoms with Gasteiger partial charge in [0.25, 0.3) is 0 Å². The first-order valence-electron chi connectivity index (χ1n) is 20.3. The molecule has 1 aromatic carbocycles. The van der Waals surface area contributed by atoms with Gasteiger partial charge in [0.1, 0.15) is 11.6 Å². The average molecular weight is 734 g/mol. The predicted octanol–water partition coefficient (Wildman–Crippen LogP) is 9.56. The van der Waals surface area contributed by atoms with Crippen LogP contribution in [0.4, 0.5) is 4.39 Å². The molecule has 5 nitrogen and oxygen atoms in total. The van der Waals surface area contributed by atoms with Crippen LogP contribution in [0.25, 0.3) is 5.57 Å². The molecule has 0 unspecified atom stereocenters. The number of carbonyl (C=O) groups is 2. The maximum Gasteiger partial charge on any atom is 0.335 e. The second-order valence-corrected chi connectivity index (χ2v) is 22.4. The Morgan fingerprint density at radius 3 is 2.33 bits per heavy atom. The molecule has 5 fully saturated rings. The summed E-state index contributed by atoms with van der Waals surface area (Å²) in [6.45, 7) is 21.6. The molecule has 1 N–H and O–H groups in total. The number of carboxylic acid groups (broad SMARTS) is 1. The van der Waals surface area contributed by atoms with Gasteiger partial charge in [-0.2, -0.15) is 0 Å². The van der Waals surface area contributed by atoms with Crippen LogP contribution in [-0.4, -0.2) is 63.0 Å². The average Bonchev–Trinajstić information content (AvgIpc) is 3.47. The zero-order chi connectivity index (χ0) is 37.6. The Balaban J connectivity index is 1.15. The minimum absolute atomic E-state index is 0.0155. The van der Waals surface area contributed by atoms with Gasteiger partial charge in [-0.3, -0.25) is 9.00 Å². The Morgan fingerprint density at radius 1 is 0.962 bits per heavy atom. The van der Waals surface area contributed by atoms with Crippen molar-refractivity contribution in [2.45, 2.75) is 112 Å². The van der Waals surface area contributed by atoms with E-state index in [0.717, 1.165) is 83.0 Å². The fourth-order valence-electron chi connectivity index (χ4n) is 14.3. The molecule has 0 bridgehead atoms. The molecule has 5 aliphatic carbocycles. The maximum absolute atomic E-state index is 15.5. The van der Waals surface area contributed by atoms with Crippen LogP contribution in [0.5, 0.6) is 0 Å². The molecule has 9 atom stereocenters. The fraction of sp³-hybridized carbons (Fsp3) is 0.711. The van der Waals surface area contributed by atoms with E-state index in [-0.39, 0.29) is 32.6 Å². The topological polar surface area (TPSA) is 74.7 Å². The van der Waals surface area contributed by atoms with Gasteiger partial charge in [0, 0.05) is 42.0 Å². The molecular formula is C45H64FNO4S. The van der Waals surface area contributed by atoms with E-state index in [9.17, 15) is 18.9 Å². The van der Waals surface area contributed by atoms with Crippen molar-refractivity contribution in [3.8, 4) is 0 Å². The van der Waals surface area contributed by atoms with Crippen LogP contribution in [0, 0.1) is 62.5 Å². The number of halogens is 1. The molecule has 0 aromatic heterocycles. The number of benzene rings is 1. The third kappa shape index (κ3) is 5.66. The molecule has 1 saturated heterocycles. The number of hydrogen-bond acceptors (Lipinski definition) is 4. The van der Waals surface area contributed by atoms with Crippen LogP contribution in [0.1, 0.15) is 128 Å². The van der Waals surface area contributed by atoms with Crippen LogP contribution >= 0.6 is 0 Å². The summed E-state index contributed by atoms with van der Waals surface area (Å²) >= 11 is 0. The summed E-state index contributed by atoms with van der Waals surface area (Å²) in [4.78, 5) is 28.6. The molecule has 52 heavy (non-hydrogen) atoms. The van der Waals surface area contributed by atoms with Gasteiger partial charge in [-0.05, 0) is 162 Å². The van der Waals surface area contributed by atoms with E-state index in [1.807, 2.05) is 0 Å². The van der Waals surface area contributed by atoms with E-state index >= 15 is 4.39 Å². The molecule has 286 valence electrons. The first-order valence-corrected chi connectivity index (χ1v) is 22.3. The quantitative estimate of drug-likeness (QED) is 0.213. The molecule has 1 aliphatic heterocycles. The Bertz CT molecular complexity index is 1780. The molecule has 4 saturated carbocycles. The second kappa shape index (κ2) is 12.9. The number of nitrogens with zero attached hydrogens (tertiary/aromatic N) is 1. The van der Waals surface area contributed by atoms with Gasteiger partial charge < -0.3 is 10.0 Å². The molecule has 1 heterocycles. The lowest BCUT2D eigenvalue weighted by atomic mass is 9.32. The minimum atomic E-state index is -1.92. The van der Waals surface area contributed by atoms with E-state index < -0.39 is 21.3 Å². The standard InChI is InChI=1S/C45H64FNO4S/c1-29(2)31-15-20-45(38(48)10-9-23-47-24-26-52(8,51)27-25-47)22-21-43(6)34(39(31)45)13-14-37-42(5)18-16-33(32-12-11-30(40(49)50)28-35(32)46)41(3,4)36(42)17-19-44(37,43)7/h11-12,16,28,31,34,36-37,39H,1,8-10,13-15,17-27H2,2-7H3,(H,49,50)/t31-,34+,36-,37+,39+,42-,43+,44+,45+/m0/s1. The number of aromatic carboxylic acids is 1. The zero-order valence-electron chi connectivity index (χ0n) is 32.8. The zero-order valence-corrected chi connectivity index (χ0v) is 33.6. The van der Waals surface area contributed by atoms with Crippen molar-refractivity contribution in [1.82, 2.24) is 4.90 Å². The molecule has 1 aromatic rings. The van der Waals surface area contributed by atoms with Gasteiger partial charge in [-0.1, -0.05) is 58.9 Å². The Hall–Kier alpha value is -2.25. The monoisotopic (exact) mass is 733 g/mol. The van der Waals surface area contributed by atoms with E-state index in [0.29, 0.717) is 58.9 Å². The van der Waals surface area contributed by atoms with Crippen molar-refractivity contribution in [3.05, 3.63) is 53.4 Å². The highest BCUT2D eigenvalue weighted by Crippen LogP contribution is 2.78. The maximum atomic E-state index is 15.5. The Labute approximate surface area is 313 Å². The summed E-state index contributed by atoms with van der Waals surface area (Å²) in [5.74, 6) is 6.37. The highest BCUT2D eigenvalue weighted by Gasteiger charge is 2.71. The van der Waals surface area contributed by atoms with E-state index in [2.05, 4.69) is 65.0 Å². The lowest BCUT2D eigenvalue weighted by Crippen LogP contribution is -2.65. The predicted molar refractivity (Wildman–Crippen MR) is 211 cm³/mol. The highest BCUT2D eigenvalue weighted by molar-refractivity contribution is 8.00. The van der Waals surface area contributed by atoms with Crippen LogP contribution in [0.3, 0.4) is 0 Å². The van der Waals surface area contributed by atoms with Crippen LogP contribution in [-0.2, 0) is 14.3 Å². The first-order chi connectivity index (χ1) is 24.3. The van der Waals surface area contributed by atoms with Crippen molar-refractivity contribution < 1.29 is 23.3 Å². The Morgan fingerprint density at radius 2 is 1.67 bits per heavy atom. The Kier molecular flexibility index (Phi) is 9.45. The second-order valence-electron chi connectivity index (χ2n) is 19.6. The molecule has 0 radical (unpaired) electrons. The molecule has 0 amide bonds. The van der Waals surface area contributed by atoms with Gasteiger partial charge in [0.2, 0.25) is 0 Å². The van der Waals surface area contributed by atoms with E-state index in [1.54, 1.807) is 6.07 Å². The third-order valence-electron chi connectivity index (χ3n) is 17.1. The summed E-state index contributed by atoms with van der Waals surface area (Å²) in [5.41, 5.74) is 2.62. The summed E-state index contributed by atoms with van der Waals surface area (Å²) in [6.07, 6.45) is 13.4. The van der Waals surface area contributed by atoms with Crippen molar-refractivity contribution in [2.75, 3.05) is 31.1 Å². The number of carboxylic acids is 1. The number of rotatable bonds is 8. The minimum Gasteiger partial charge on any atom is -0.478 e. The van der Waals surface area contributed by atoms with Crippen LogP contribution in [0.15, 0.2) is 36.4 Å². The van der Waals surface area contributed by atoms with Crippen molar-refractivity contribution >= 4 is 32.7 Å². The molecule has 0 spiro atoms. The molecule has 7 heteroatoms. The normalized spacial score (nSPS) is 40.8. The van der Waals surface area contributed by atoms with Crippen LogP contribution < -0.4 is 0 Å². The van der Waals surface area contributed by atoms with E-state index in [4.69, 9.17) is 0 Å². The number of ketones is 1. The summed E-state index contributed by atoms with van der Waals surface area (Å²) in [5, 5.41) is 9.45. The lowest BCUT2D eigenvalue weighted by molar-refractivity contribution is -0.224. The van der Waals surface area contributed by atoms with Gasteiger partial charge in [0.15, 0.2) is 0 Å². The lowest BCUT2D eigenvalue weighted by Gasteiger charge is -2.72. The molecule has 7 rings (SSSR count). The smallest absolute Gasteiger partial charge is 0.335 e. The van der Waals surface area contributed by atoms with E-state index in [1.165, 1.54) is 24.1 Å². The fourth-order valence-corrected chi connectivity index (χ4v) is 15.7. The van der Waals surface area contributed by atoms with Crippen molar-refractivity contribution in [1.29, 1.82) is 0 Å². The third-order valence-corrected chi connectivity index (χ3v) is 19.0. The van der Waals surface area contributed by atoms with Gasteiger partial charge in [-0.15, -0.1) is 0 Å². The SMILES string of the molecule is C=C(C)[C@@H]1CC[C@]2(C(=O)CCCN3CCS(=C)(=O)CC3)CC[C@]3(C)[C@H](CC[C@@H]4[C@@]5(C)CC=C(c6ccc(C(=O)O)cc6F)C(C)(C)[C@@H]5CC[C@]43C)[C@@H]12. The first kappa shape index (κ1) is 38.0. The largest absolute Gasteiger partial charge is 0.478 e. The van der Waals surface area contributed by atoms with Crippen molar-refractivity contribution in [3.63, 3.8) is 0 Å². The number of fused-ring (bicyclic) bond motifs is 7. The number of carbonyl (C=O) groups excluding carboxylic acids is 1. The number of hydrogen-bond donors (Lipinski definition) is 1. The van der Waals surface area contributed by atoms with Gasteiger partial charge in [-0.25, -0.2) is 9.18 Å². The summed E-state index contributed by atoms with van der Waals surface area (Å²) in [6, 6.07) is 4.39. The molecule has 6 aliphatic rings. The van der Waals surface area contributed by atoms with Gasteiger partial charge in [0.05, 0.1) is 5.56 Å². The summed E-state index contributed by atoms with van der Waals surface area (Å²) < 4.78 is 27.9. The van der Waals surface area contributed by atoms with Crippen molar-refractivity contribution in [2.24, 2.45) is 56.7 Å². The highest BCUT2D eigenvalue weighted by atomic mass is 32.2. The number of allylic oxidation sites excluding steroid dienone is 3. The summed E-state index contributed by atoms with van der Waals surface area (Å²) in [7, 11) is -1.92. The number of Topliss-reactive ketones (excluding diaryl/α,β-unsaturated/α-hetero) is 1.